The Bertz CT molecular complexity index is 240. The third kappa shape index (κ3) is 6.55. The van der Waals surface area contributed by atoms with Crippen molar-refractivity contribution >= 4 is 0 Å². The molecule has 0 aliphatic heterocycles. The molecule has 2 heteroatoms. The summed E-state index contributed by atoms with van der Waals surface area (Å²) in [4.78, 5) is 0. The summed E-state index contributed by atoms with van der Waals surface area (Å²) in [5.74, 6) is 0. The van der Waals surface area contributed by atoms with Gasteiger partial charge in [0.05, 0.1) is 23.4 Å². The molecule has 0 aromatic rings. The van der Waals surface area contributed by atoms with Crippen molar-refractivity contribution in [1.82, 2.24) is 0 Å². The Balaban J connectivity index is 2.73. The first-order chi connectivity index (χ1) is 8.17. The summed E-state index contributed by atoms with van der Waals surface area (Å²) in [6.07, 6.45) is 9.22. The molecule has 18 heavy (non-hydrogen) atoms. The summed E-state index contributed by atoms with van der Waals surface area (Å²) >= 11 is 0. The van der Waals surface area contributed by atoms with E-state index < -0.39 is 0 Å². The molecule has 0 spiro atoms. The number of hydrogen-bond donors (Lipinski definition) is 0. The Morgan fingerprint density at radius 2 is 1.06 bits per heavy atom. The van der Waals surface area contributed by atoms with Gasteiger partial charge in [0.15, 0.2) is 0 Å². The Morgan fingerprint density at radius 1 is 0.722 bits per heavy atom. The third-order valence-corrected chi connectivity index (χ3v) is 2.83. The fourth-order valence-corrected chi connectivity index (χ4v) is 2.31. The van der Waals surface area contributed by atoms with Crippen LogP contribution >= 0.6 is 0 Å². The van der Waals surface area contributed by atoms with E-state index in [4.69, 9.17) is 9.47 Å². The highest BCUT2D eigenvalue weighted by Gasteiger charge is 2.30. The van der Waals surface area contributed by atoms with Crippen LogP contribution in [0.5, 0.6) is 0 Å². The fraction of sp³-hybridized carbons (Fsp3) is 0.875. The van der Waals surface area contributed by atoms with E-state index in [2.05, 4.69) is 53.7 Å². The van der Waals surface area contributed by atoms with Crippen molar-refractivity contribution < 1.29 is 9.47 Å². The van der Waals surface area contributed by atoms with Crippen molar-refractivity contribution in [2.24, 2.45) is 0 Å². The summed E-state index contributed by atoms with van der Waals surface area (Å²) in [6.45, 7) is 12.7. The minimum Gasteiger partial charge on any atom is -0.370 e. The summed E-state index contributed by atoms with van der Waals surface area (Å²) in [5, 5.41) is 0. The van der Waals surface area contributed by atoms with E-state index >= 15 is 0 Å². The smallest absolute Gasteiger partial charge is 0.0847 e. The molecule has 0 fully saturated rings. The first-order valence-corrected chi connectivity index (χ1v) is 7.18. The highest BCUT2D eigenvalue weighted by molar-refractivity contribution is 4.90. The van der Waals surface area contributed by atoms with Crippen LogP contribution in [0.4, 0.5) is 0 Å². The molecule has 0 heterocycles. The van der Waals surface area contributed by atoms with E-state index in [-0.39, 0.29) is 23.4 Å². The second kappa shape index (κ2) is 6.21. The van der Waals surface area contributed by atoms with E-state index in [1.165, 1.54) is 0 Å². The van der Waals surface area contributed by atoms with E-state index in [0.29, 0.717) is 0 Å². The normalized spacial score (nSPS) is 28.6. The zero-order valence-corrected chi connectivity index (χ0v) is 13.0. The van der Waals surface area contributed by atoms with Gasteiger partial charge in [-0.15, -0.1) is 0 Å². The van der Waals surface area contributed by atoms with Crippen molar-refractivity contribution in [1.29, 1.82) is 0 Å². The second-order valence-electron chi connectivity index (χ2n) is 7.16. The quantitative estimate of drug-likeness (QED) is 0.676. The summed E-state index contributed by atoms with van der Waals surface area (Å²) in [7, 11) is 0. The number of allylic oxidation sites excluding steroid dienone is 2. The zero-order chi connectivity index (χ0) is 13.8. The molecular weight excluding hydrogens is 224 g/mol. The lowest BCUT2D eigenvalue weighted by atomic mass is 9.98. The fourth-order valence-electron chi connectivity index (χ4n) is 2.31. The van der Waals surface area contributed by atoms with Gasteiger partial charge in [-0.2, -0.15) is 0 Å². The van der Waals surface area contributed by atoms with Gasteiger partial charge in [-0.3, -0.25) is 0 Å². The first-order valence-electron chi connectivity index (χ1n) is 7.18. The lowest BCUT2D eigenvalue weighted by molar-refractivity contribution is -0.166. The number of hydrogen-bond acceptors (Lipinski definition) is 2. The van der Waals surface area contributed by atoms with Crippen molar-refractivity contribution in [2.75, 3.05) is 0 Å². The first kappa shape index (κ1) is 15.7. The standard InChI is InChI=1S/C16H30O2/c1-15(2,3)17-13-11-9-7-8-10-12-14(13)18-16(4,5)6/h7-8,13-14H,9-12H2,1-6H3/b8-7-. The molecule has 0 amide bonds. The molecule has 0 N–H and O–H groups in total. The lowest BCUT2D eigenvalue weighted by Crippen LogP contribution is -2.41. The van der Waals surface area contributed by atoms with E-state index in [0.717, 1.165) is 25.7 Å². The average Bonchev–Trinajstić information content (AvgIpc) is 2.12. The predicted octanol–water partition coefficient (Wildman–Crippen LogP) is 4.48. The molecule has 0 aromatic heterocycles. The van der Waals surface area contributed by atoms with E-state index in [1.54, 1.807) is 0 Å². The zero-order valence-electron chi connectivity index (χ0n) is 13.0. The summed E-state index contributed by atoms with van der Waals surface area (Å²) < 4.78 is 12.4. The van der Waals surface area contributed by atoms with E-state index in [9.17, 15) is 0 Å². The SMILES string of the molecule is CC(C)(C)OC1CC/C=C\CCC1OC(C)(C)C. The van der Waals surface area contributed by atoms with E-state index in [1.807, 2.05) is 0 Å². The van der Waals surface area contributed by atoms with Gasteiger partial charge >= 0.3 is 0 Å². The molecule has 0 saturated carbocycles. The Labute approximate surface area is 113 Å². The topological polar surface area (TPSA) is 18.5 Å². The van der Waals surface area contributed by atoms with Crippen molar-refractivity contribution in [3.8, 4) is 0 Å². The number of ether oxygens (including phenoxy) is 2. The van der Waals surface area contributed by atoms with Crippen LogP contribution in [0.15, 0.2) is 12.2 Å². The van der Waals surface area contributed by atoms with Gasteiger partial charge in [0.1, 0.15) is 0 Å². The van der Waals surface area contributed by atoms with Crippen LogP contribution in [0.2, 0.25) is 0 Å². The minimum absolute atomic E-state index is 0.104. The highest BCUT2D eigenvalue weighted by Crippen LogP contribution is 2.27. The molecule has 1 aliphatic carbocycles. The minimum atomic E-state index is -0.104. The molecule has 0 bridgehead atoms. The van der Waals surface area contributed by atoms with Crippen LogP contribution < -0.4 is 0 Å². The van der Waals surface area contributed by atoms with Crippen LogP contribution in [-0.4, -0.2) is 23.4 Å². The Kier molecular flexibility index (Phi) is 5.42. The molecule has 2 nitrogen and oxygen atoms in total. The monoisotopic (exact) mass is 254 g/mol. The molecule has 1 rings (SSSR count). The van der Waals surface area contributed by atoms with Crippen molar-refractivity contribution in [2.45, 2.75) is 90.6 Å². The van der Waals surface area contributed by atoms with Gasteiger partial charge in [0.2, 0.25) is 0 Å². The van der Waals surface area contributed by atoms with Gasteiger partial charge in [0.25, 0.3) is 0 Å². The third-order valence-electron chi connectivity index (χ3n) is 2.83. The lowest BCUT2D eigenvalue weighted by Gasteiger charge is -2.37. The van der Waals surface area contributed by atoms with Crippen LogP contribution in [0.1, 0.15) is 67.2 Å². The summed E-state index contributed by atoms with van der Waals surface area (Å²) in [5.41, 5.74) is -0.208. The molecular formula is C16H30O2. The molecule has 2 unspecified atom stereocenters. The molecule has 2 atom stereocenters. The van der Waals surface area contributed by atoms with Crippen LogP contribution in [0.25, 0.3) is 0 Å². The number of rotatable bonds is 2. The molecule has 0 saturated heterocycles. The molecule has 106 valence electrons. The van der Waals surface area contributed by atoms with Gasteiger partial charge in [0, 0.05) is 0 Å². The van der Waals surface area contributed by atoms with Crippen LogP contribution in [-0.2, 0) is 9.47 Å². The molecule has 0 radical (unpaired) electrons. The summed E-state index contributed by atoms with van der Waals surface area (Å²) in [6, 6.07) is 0. The van der Waals surface area contributed by atoms with Crippen molar-refractivity contribution in [3.05, 3.63) is 12.2 Å². The van der Waals surface area contributed by atoms with Crippen LogP contribution in [0.3, 0.4) is 0 Å². The molecule has 0 aromatic carbocycles. The van der Waals surface area contributed by atoms with Gasteiger partial charge in [-0.05, 0) is 67.2 Å². The Morgan fingerprint density at radius 3 is 1.33 bits per heavy atom. The highest BCUT2D eigenvalue weighted by atomic mass is 16.6. The predicted molar refractivity (Wildman–Crippen MR) is 76.9 cm³/mol. The second-order valence-corrected chi connectivity index (χ2v) is 7.16. The maximum atomic E-state index is 6.21. The molecule has 1 aliphatic rings. The maximum absolute atomic E-state index is 6.21. The van der Waals surface area contributed by atoms with Gasteiger partial charge in [-0.1, -0.05) is 12.2 Å². The Hall–Kier alpha value is -0.340. The van der Waals surface area contributed by atoms with Gasteiger partial charge < -0.3 is 9.47 Å². The largest absolute Gasteiger partial charge is 0.370 e. The maximum Gasteiger partial charge on any atom is 0.0847 e. The van der Waals surface area contributed by atoms with Crippen molar-refractivity contribution in [3.63, 3.8) is 0 Å². The van der Waals surface area contributed by atoms with Gasteiger partial charge in [-0.25, -0.2) is 0 Å². The van der Waals surface area contributed by atoms with Crippen LogP contribution in [0, 0.1) is 0 Å². The average molecular weight is 254 g/mol.